The summed E-state index contributed by atoms with van der Waals surface area (Å²) in [6, 6.07) is -0.523. The number of nitrogens with two attached hydrogens (primary N) is 1. The van der Waals surface area contributed by atoms with Crippen LogP contribution in [0.4, 0.5) is 5.82 Å². The summed E-state index contributed by atoms with van der Waals surface area (Å²) in [6.45, 7) is 7.52. The van der Waals surface area contributed by atoms with Gasteiger partial charge in [0.1, 0.15) is 16.8 Å². The number of aromatic nitrogens is 2. The lowest BCUT2D eigenvalue weighted by Gasteiger charge is -2.39. The van der Waals surface area contributed by atoms with Gasteiger partial charge in [0.2, 0.25) is 5.91 Å². The summed E-state index contributed by atoms with van der Waals surface area (Å²) in [5.74, 6) is 0.0730. The molecule has 1 saturated heterocycles. The number of anilines is 1. The molecular formula is C13H20ClN5O2. The van der Waals surface area contributed by atoms with Crippen LogP contribution in [0.15, 0.2) is 0 Å². The standard InChI is InChI=1S/C13H20ClN5O2/c1-7(2)6-18-4-5-19(8(3)12(18)20)13(21)10-9(14)11(15)17-16-10/h7-8H,4-6H2,1-3H3,(H3,15,16,17). The largest absolute Gasteiger partial charge is 0.381 e. The van der Waals surface area contributed by atoms with Gasteiger partial charge in [0.05, 0.1) is 0 Å². The van der Waals surface area contributed by atoms with Crippen molar-refractivity contribution in [1.82, 2.24) is 20.0 Å². The second kappa shape index (κ2) is 5.93. The van der Waals surface area contributed by atoms with Gasteiger partial charge in [-0.3, -0.25) is 14.7 Å². The van der Waals surface area contributed by atoms with Crippen LogP contribution in [0.5, 0.6) is 0 Å². The zero-order valence-corrected chi connectivity index (χ0v) is 13.1. The molecule has 1 atom stereocenters. The molecule has 2 rings (SSSR count). The fourth-order valence-corrected chi connectivity index (χ4v) is 2.62. The second-order valence-corrected chi connectivity index (χ2v) is 6.03. The Morgan fingerprint density at radius 1 is 1.52 bits per heavy atom. The SMILES string of the molecule is CC(C)CN1CCN(C(=O)c2[nH]nc(N)c2Cl)C(C)C1=O. The van der Waals surface area contributed by atoms with Crippen LogP contribution in [-0.2, 0) is 4.79 Å². The fourth-order valence-electron chi connectivity index (χ4n) is 2.46. The van der Waals surface area contributed by atoms with E-state index >= 15 is 0 Å². The molecule has 0 aromatic carbocycles. The van der Waals surface area contributed by atoms with Crippen LogP contribution in [0.3, 0.4) is 0 Å². The summed E-state index contributed by atoms with van der Waals surface area (Å²) in [7, 11) is 0. The molecule has 1 aromatic rings. The topological polar surface area (TPSA) is 95.3 Å². The van der Waals surface area contributed by atoms with Gasteiger partial charge in [0.15, 0.2) is 5.82 Å². The van der Waals surface area contributed by atoms with Gasteiger partial charge in [-0.05, 0) is 12.8 Å². The van der Waals surface area contributed by atoms with Gasteiger partial charge in [-0.2, -0.15) is 5.10 Å². The number of rotatable bonds is 3. The monoisotopic (exact) mass is 313 g/mol. The fraction of sp³-hybridized carbons (Fsp3) is 0.615. The lowest BCUT2D eigenvalue weighted by Crippen LogP contribution is -2.58. The summed E-state index contributed by atoms with van der Waals surface area (Å²) in [5, 5.41) is 6.34. The molecule has 1 fully saturated rings. The molecule has 116 valence electrons. The van der Waals surface area contributed by atoms with Gasteiger partial charge in [0, 0.05) is 19.6 Å². The first-order chi connectivity index (χ1) is 9.82. The van der Waals surface area contributed by atoms with Crippen molar-refractivity contribution in [3.8, 4) is 0 Å². The molecule has 0 spiro atoms. The lowest BCUT2D eigenvalue weighted by molar-refractivity contribution is -0.140. The second-order valence-electron chi connectivity index (χ2n) is 5.65. The first kappa shape index (κ1) is 15.6. The van der Waals surface area contributed by atoms with Crippen LogP contribution >= 0.6 is 11.6 Å². The summed E-state index contributed by atoms with van der Waals surface area (Å²) < 4.78 is 0. The van der Waals surface area contributed by atoms with Crippen molar-refractivity contribution < 1.29 is 9.59 Å². The van der Waals surface area contributed by atoms with Crippen molar-refractivity contribution in [2.24, 2.45) is 5.92 Å². The van der Waals surface area contributed by atoms with Gasteiger partial charge < -0.3 is 15.5 Å². The van der Waals surface area contributed by atoms with E-state index in [0.29, 0.717) is 25.6 Å². The van der Waals surface area contributed by atoms with Crippen LogP contribution < -0.4 is 5.73 Å². The van der Waals surface area contributed by atoms with Crippen LogP contribution in [0, 0.1) is 5.92 Å². The Hall–Kier alpha value is -1.76. The molecule has 1 unspecified atom stereocenters. The van der Waals surface area contributed by atoms with Crippen molar-refractivity contribution >= 4 is 29.2 Å². The number of carbonyl (C=O) groups excluding carboxylic acids is 2. The average Bonchev–Trinajstić information content (AvgIpc) is 2.75. The minimum Gasteiger partial charge on any atom is -0.381 e. The van der Waals surface area contributed by atoms with E-state index in [-0.39, 0.29) is 28.3 Å². The Balaban J connectivity index is 2.14. The van der Waals surface area contributed by atoms with E-state index in [0.717, 1.165) is 0 Å². The van der Waals surface area contributed by atoms with Crippen LogP contribution in [0.2, 0.25) is 5.02 Å². The number of nitrogens with one attached hydrogen (secondary N) is 1. The number of halogens is 1. The lowest BCUT2D eigenvalue weighted by atomic mass is 10.1. The summed E-state index contributed by atoms with van der Waals surface area (Å²) in [5.41, 5.74) is 5.66. The quantitative estimate of drug-likeness (QED) is 0.869. The number of piperazine rings is 1. The number of nitrogens with zero attached hydrogens (tertiary/aromatic N) is 3. The third kappa shape index (κ3) is 2.97. The van der Waals surface area contributed by atoms with E-state index < -0.39 is 6.04 Å². The van der Waals surface area contributed by atoms with E-state index in [1.807, 2.05) is 0 Å². The van der Waals surface area contributed by atoms with Crippen LogP contribution in [0.1, 0.15) is 31.3 Å². The Morgan fingerprint density at radius 3 is 2.71 bits per heavy atom. The van der Waals surface area contributed by atoms with E-state index in [2.05, 4.69) is 24.0 Å². The Bertz CT molecular complexity index is 557. The molecular weight excluding hydrogens is 294 g/mol. The zero-order valence-electron chi connectivity index (χ0n) is 12.4. The Labute approximate surface area is 128 Å². The van der Waals surface area contributed by atoms with E-state index in [1.54, 1.807) is 11.8 Å². The van der Waals surface area contributed by atoms with Crippen molar-refractivity contribution in [3.63, 3.8) is 0 Å². The molecule has 0 aliphatic carbocycles. The van der Waals surface area contributed by atoms with Gasteiger partial charge in [-0.15, -0.1) is 0 Å². The number of carbonyl (C=O) groups is 2. The molecule has 8 heteroatoms. The average molecular weight is 314 g/mol. The highest BCUT2D eigenvalue weighted by molar-refractivity contribution is 6.35. The highest BCUT2D eigenvalue weighted by atomic mass is 35.5. The highest BCUT2D eigenvalue weighted by Gasteiger charge is 2.36. The smallest absolute Gasteiger partial charge is 0.274 e. The maximum Gasteiger partial charge on any atom is 0.274 e. The number of nitrogen functional groups attached to an aromatic ring is 1. The number of H-pyrrole nitrogens is 1. The molecule has 0 radical (unpaired) electrons. The Morgan fingerprint density at radius 2 is 2.19 bits per heavy atom. The zero-order chi connectivity index (χ0) is 15.7. The van der Waals surface area contributed by atoms with Crippen molar-refractivity contribution in [2.75, 3.05) is 25.4 Å². The van der Waals surface area contributed by atoms with Crippen molar-refractivity contribution in [3.05, 3.63) is 10.7 Å². The minimum atomic E-state index is -0.523. The molecule has 2 heterocycles. The third-order valence-electron chi connectivity index (χ3n) is 3.54. The predicted octanol–water partition coefficient (Wildman–Crippen LogP) is 0.974. The first-order valence-electron chi connectivity index (χ1n) is 6.92. The number of aromatic amines is 1. The number of hydrogen-bond donors (Lipinski definition) is 2. The van der Waals surface area contributed by atoms with Gasteiger partial charge in [-0.25, -0.2) is 0 Å². The van der Waals surface area contributed by atoms with Crippen molar-refractivity contribution in [1.29, 1.82) is 0 Å². The predicted molar refractivity (Wildman–Crippen MR) is 79.9 cm³/mol. The summed E-state index contributed by atoms with van der Waals surface area (Å²) >= 11 is 5.94. The normalized spacial score (nSPS) is 19.5. The maximum atomic E-state index is 12.5. The maximum absolute atomic E-state index is 12.5. The molecule has 1 aromatic heterocycles. The molecule has 1 aliphatic rings. The van der Waals surface area contributed by atoms with Crippen LogP contribution in [-0.4, -0.2) is 57.5 Å². The molecule has 21 heavy (non-hydrogen) atoms. The molecule has 0 saturated carbocycles. The molecule has 2 amide bonds. The van der Waals surface area contributed by atoms with Gasteiger partial charge in [-0.1, -0.05) is 25.4 Å². The molecule has 7 nitrogen and oxygen atoms in total. The van der Waals surface area contributed by atoms with E-state index in [1.165, 1.54) is 4.90 Å². The van der Waals surface area contributed by atoms with Gasteiger partial charge >= 0.3 is 0 Å². The highest BCUT2D eigenvalue weighted by Crippen LogP contribution is 2.23. The van der Waals surface area contributed by atoms with E-state index in [4.69, 9.17) is 17.3 Å². The molecule has 3 N–H and O–H groups in total. The van der Waals surface area contributed by atoms with Crippen molar-refractivity contribution in [2.45, 2.75) is 26.8 Å². The summed E-state index contributed by atoms with van der Waals surface area (Å²) in [4.78, 5) is 28.1. The first-order valence-corrected chi connectivity index (χ1v) is 7.29. The van der Waals surface area contributed by atoms with E-state index in [9.17, 15) is 9.59 Å². The van der Waals surface area contributed by atoms with Crippen LogP contribution in [0.25, 0.3) is 0 Å². The molecule has 1 aliphatic heterocycles. The third-order valence-corrected chi connectivity index (χ3v) is 3.92. The Kier molecular flexibility index (Phi) is 4.41. The number of hydrogen-bond acceptors (Lipinski definition) is 4. The summed E-state index contributed by atoms with van der Waals surface area (Å²) in [6.07, 6.45) is 0. The number of amides is 2. The molecule has 0 bridgehead atoms. The minimum absolute atomic E-state index is 0.0492. The van der Waals surface area contributed by atoms with Gasteiger partial charge in [0.25, 0.3) is 5.91 Å².